The molecule has 4 rings (SSSR count). The lowest BCUT2D eigenvalue weighted by Crippen LogP contribution is -2.46. The molecular formula is C20H23N3O3. The molecule has 2 aliphatic heterocycles. The van der Waals surface area contributed by atoms with Crippen LogP contribution in [0.3, 0.4) is 0 Å². The highest BCUT2D eigenvalue weighted by molar-refractivity contribution is 5.92. The number of anilines is 1. The van der Waals surface area contributed by atoms with Crippen molar-refractivity contribution in [1.29, 1.82) is 0 Å². The van der Waals surface area contributed by atoms with Crippen molar-refractivity contribution in [3.8, 4) is 11.3 Å². The van der Waals surface area contributed by atoms with Crippen LogP contribution < -0.4 is 10.6 Å². The van der Waals surface area contributed by atoms with E-state index in [0.717, 1.165) is 25.1 Å². The van der Waals surface area contributed by atoms with Gasteiger partial charge >= 0.3 is 0 Å². The smallest absolute Gasteiger partial charge is 0.287 e. The molecule has 0 spiro atoms. The van der Waals surface area contributed by atoms with E-state index < -0.39 is 0 Å². The van der Waals surface area contributed by atoms with Crippen molar-refractivity contribution in [1.82, 2.24) is 10.2 Å². The molecule has 2 amide bonds. The quantitative estimate of drug-likeness (QED) is 0.886. The van der Waals surface area contributed by atoms with Gasteiger partial charge in [0.2, 0.25) is 5.91 Å². The molecule has 2 fully saturated rings. The molecule has 2 saturated heterocycles. The van der Waals surface area contributed by atoms with Crippen LogP contribution in [0.5, 0.6) is 0 Å². The van der Waals surface area contributed by atoms with Crippen LogP contribution in [0.4, 0.5) is 5.69 Å². The van der Waals surface area contributed by atoms with Crippen LogP contribution in [0.25, 0.3) is 11.3 Å². The zero-order valence-electron chi connectivity index (χ0n) is 14.8. The van der Waals surface area contributed by atoms with Gasteiger partial charge in [-0.1, -0.05) is 12.1 Å². The number of nitrogens with zero attached hydrogens (tertiary/aromatic N) is 1. The molecule has 0 saturated carbocycles. The van der Waals surface area contributed by atoms with Crippen molar-refractivity contribution in [2.45, 2.75) is 25.8 Å². The van der Waals surface area contributed by atoms with Gasteiger partial charge in [0, 0.05) is 37.3 Å². The van der Waals surface area contributed by atoms with E-state index in [0.29, 0.717) is 23.1 Å². The van der Waals surface area contributed by atoms with Crippen LogP contribution in [-0.4, -0.2) is 42.4 Å². The predicted molar refractivity (Wildman–Crippen MR) is 98.9 cm³/mol. The molecular weight excluding hydrogens is 330 g/mol. The van der Waals surface area contributed by atoms with E-state index in [9.17, 15) is 9.59 Å². The third kappa shape index (κ3) is 3.65. The Bertz CT molecular complexity index is 817. The number of amides is 2. The van der Waals surface area contributed by atoms with Crippen LogP contribution in [0.1, 0.15) is 30.3 Å². The van der Waals surface area contributed by atoms with Crippen molar-refractivity contribution in [2.75, 3.05) is 25.0 Å². The lowest BCUT2D eigenvalue weighted by atomic mass is 9.97. The molecule has 3 heterocycles. The molecule has 0 radical (unpaired) electrons. The van der Waals surface area contributed by atoms with Gasteiger partial charge < -0.3 is 20.0 Å². The molecule has 1 aromatic heterocycles. The van der Waals surface area contributed by atoms with Gasteiger partial charge in [0.1, 0.15) is 5.76 Å². The Kier molecular flexibility index (Phi) is 4.51. The lowest BCUT2D eigenvalue weighted by molar-refractivity contribution is -0.114. The minimum absolute atomic E-state index is 0.126. The van der Waals surface area contributed by atoms with Crippen LogP contribution >= 0.6 is 0 Å². The first-order chi connectivity index (χ1) is 12.6. The molecule has 2 bridgehead atoms. The zero-order chi connectivity index (χ0) is 18.1. The minimum atomic E-state index is -0.165. The molecule has 1 aromatic carbocycles. The average molecular weight is 353 g/mol. The number of carbonyl (C=O) groups excluding carboxylic acids is 2. The Balaban J connectivity index is 1.44. The summed E-state index contributed by atoms with van der Waals surface area (Å²) in [6.45, 7) is 4.71. The first-order valence-corrected chi connectivity index (χ1v) is 9.08. The van der Waals surface area contributed by atoms with Crippen LogP contribution in [0.2, 0.25) is 0 Å². The van der Waals surface area contributed by atoms with Gasteiger partial charge in [0.05, 0.1) is 0 Å². The van der Waals surface area contributed by atoms with Gasteiger partial charge in [-0.25, -0.2) is 0 Å². The van der Waals surface area contributed by atoms with E-state index in [1.807, 2.05) is 24.3 Å². The predicted octanol–water partition coefficient (Wildman–Crippen LogP) is 2.73. The lowest BCUT2D eigenvalue weighted by Gasteiger charge is -2.30. The molecule has 6 nitrogen and oxygen atoms in total. The van der Waals surface area contributed by atoms with Crippen molar-refractivity contribution in [3.05, 3.63) is 42.2 Å². The minimum Gasteiger partial charge on any atom is -0.451 e. The summed E-state index contributed by atoms with van der Waals surface area (Å²) >= 11 is 0. The fourth-order valence-electron chi connectivity index (χ4n) is 3.99. The van der Waals surface area contributed by atoms with Crippen molar-refractivity contribution >= 4 is 17.5 Å². The Morgan fingerprint density at radius 1 is 1.19 bits per heavy atom. The molecule has 136 valence electrons. The van der Waals surface area contributed by atoms with Gasteiger partial charge in [-0.05, 0) is 49.6 Å². The molecule has 2 aliphatic rings. The summed E-state index contributed by atoms with van der Waals surface area (Å²) < 4.78 is 5.76. The fourth-order valence-corrected chi connectivity index (χ4v) is 3.99. The second-order valence-corrected chi connectivity index (χ2v) is 7.25. The van der Waals surface area contributed by atoms with Crippen molar-refractivity contribution in [2.24, 2.45) is 5.92 Å². The summed E-state index contributed by atoms with van der Waals surface area (Å²) in [6, 6.07) is 11.1. The van der Waals surface area contributed by atoms with Crippen molar-refractivity contribution in [3.63, 3.8) is 0 Å². The first kappa shape index (κ1) is 16.8. The number of benzene rings is 1. The molecule has 2 aromatic rings. The Morgan fingerprint density at radius 3 is 2.88 bits per heavy atom. The topological polar surface area (TPSA) is 74.6 Å². The highest BCUT2D eigenvalue weighted by Crippen LogP contribution is 2.28. The monoisotopic (exact) mass is 353 g/mol. The molecule has 6 heteroatoms. The maximum Gasteiger partial charge on any atom is 0.287 e. The highest BCUT2D eigenvalue weighted by Gasteiger charge is 2.33. The van der Waals surface area contributed by atoms with Gasteiger partial charge in [-0.15, -0.1) is 0 Å². The van der Waals surface area contributed by atoms with E-state index in [1.165, 1.54) is 19.9 Å². The van der Waals surface area contributed by atoms with Crippen LogP contribution in [0.15, 0.2) is 40.8 Å². The molecule has 0 aliphatic carbocycles. The second-order valence-electron chi connectivity index (χ2n) is 7.25. The number of hydrogen-bond donors (Lipinski definition) is 2. The Labute approximate surface area is 152 Å². The number of carbonyl (C=O) groups is 2. The summed E-state index contributed by atoms with van der Waals surface area (Å²) in [5.41, 5.74) is 1.52. The normalized spacial score (nSPS) is 24.3. The average Bonchev–Trinajstić information content (AvgIpc) is 3.21. The van der Waals surface area contributed by atoms with Crippen LogP contribution in [0, 0.1) is 5.92 Å². The largest absolute Gasteiger partial charge is 0.451 e. The van der Waals surface area contributed by atoms with E-state index >= 15 is 0 Å². The van der Waals surface area contributed by atoms with Gasteiger partial charge in [-0.3, -0.25) is 9.59 Å². The van der Waals surface area contributed by atoms with Gasteiger partial charge in [0.25, 0.3) is 5.91 Å². The third-order valence-electron chi connectivity index (χ3n) is 5.10. The fraction of sp³-hybridized carbons (Fsp3) is 0.400. The number of fused-ring (bicyclic) bond motifs is 2. The molecule has 2 N–H and O–H groups in total. The number of nitrogens with one attached hydrogen (secondary N) is 2. The van der Waals surface area contributed by atoms with Gasteiger partial charge in [0.15, 0.2) is 5.76 Å². The molecule has 1 unspecified atom stereocenters. The van der Waals surface area contributed by atoms with E-state index in [1.54, 1.807) is 12.1 Å². The summed E-state index contributed by atoms with van der Waals surface area (Å²) in [7, 11) is 0. The summed E-state index contributed by atoms with van der Waals surface area (Å²) in [5, 5.41) is 5.86. The Hall–Kier alpha value is -2.60. The van der Waals surface area contributed by atoms with Crippen LogP contribution in [-0.2, 0) is 4.79 Å². The number of furan rings is 1. The third-order valence-corrected chi connectivity index (χ3v) is 5.10. The van der Waals surface area contributed by atoms with Crippen molar-refractivity contribution < 1.29 is 14.0 Å². The number of piperidine rings is 1. The van der Waals surface area contributed by atoms with Gasteiger partial charge in [-0.2, -0.15) is 0 Å². The van der Waals surface area contributed by atoms with E-state index in [2.05, 4.69) is 15.5 Å². The standard InChI is InChI=1S/C20H23N3O3/c1-13(24)21-16-4-2-3-15(10-16)18-5-6-19(26-18)20(25)22-17-9-14-7-8-23(11-14)12-17/h2-6,10,14,17H,7-9,11-12H2,1H3,(H,21,24)(H,22,25)/t14-,17+/m0/s1. The first-order valence-electron chi connectivity index (χ1n) is 9.08. The summed E-state index contributed by atoms with van der Waals surface area (Å²) in [5.74, 6) is 1.34. The van der Waals surface area contributed by atoms with E-state index in [4.69, 9.17) is 4.42 Å². The second kappa shape index (κ2) is 6.96. The highest BCUT2D eigenvalue weighted by atomic mass is 16.3. The maximum absolute atomic E-state index is 12.5. The number of hydrogen-bond acceptors (Lipinski definition) is 4. The zero-order valence-corrected chi connectivity index (χ0v) is 14.8. The van der Waals surface area contributed by atoms with E-state index in [-0.39, 0.29) is 17.9 Å². The SMILES string of the molecule is CC(=O)Nc1cccc(-c2ccc(C(=O)N[C@@H]3C[C@@H]4CCN(C4)C3)o2)c1. The number of rotatable bonds is 4. The summed E-state index contributed by atoms with van der Waals surface area (Å²) in [6.07, 6.45) is 2.29. The Morgan fingerprint density at radius 2 is 2.08 bits per heavy atom. The molecule has 3 atom stereocenters. The summed E-state index contributed by atoms with van der Waals surface area (Å²) in [4.78, 5) is 26.1. The maximum atomic E-state index is 12.5. The molecule has 26 heavy (non-hydrogen) atoms.